The summed E-state index contributed by atoms with van der Waals surface area (Å²) in [4.78, 5) is 8.80. The number of thiazole rings is 1. The van der Waals surface area contributed by atoms with Crippen molar-refractivity contribution >= 4 is 41.3 Å². The smallest absolute Gasteiger partial charge is 0.191 e. The topological polar surface area (TPSA) is 67.8 Å². The zero-order chi connectivity index (χ0) is 19.6. The number of ether oxygens (including phenoxy) is 2. The van der Waals surface area contributed by atoms with Gasteiger partial charge in [0.1, 0.15) is 0 Å². The van der Waals surface area contributed by atoms with Crippen LogP contribution in [-0.4, -0.2) is 37.7 Å². The van der Waals surface area contributed by atoms with Gasteiger partial charge in [0.2, 0.25) is 0 Å². The highest BCUT2D eigenvalue weighted by Crippen LogP contribution is 2.30. The lowest BCUT2D eigenvalue weighted by molar-refractivity contribution is 0.287. The summed E-state index contributed by atoms with van der Waals surface area (Å²) in [6.07, 6.45) is 0.872. The third kappa shape index (κ3) is 7.46. The highest BCUT2D eigenvalue weighted by Gasteiger charge is 2.12. The van der Waals surface area contributed by atoms with E-state index in [1.54, 1.807) is 18.4 Å². The number of halogens is 1. The van der Waals surface area contributed by atoms with Gasteiger partial charge >= 0.3 is 0 Å². The predicted octanol–water partition coefficient (Wildman–Crippen LogP) is 4.34. The number of hydrogen-bond donors (Lipinski definition) is 2. The molecule has 0 bridgehead atoms. The second kappa shape index (κ2) is 12.8. The lowest BCUT2D eigenvalue weighted by atomic mass is 10.1. The van der Waals surface area contributed by atoms with Gasteiger partial charge in [0.15, 0.2) is 17.5 Å². The predicted molar refractivity (Wildman–Crippen MR) is 128 cm³/mol. The second-order valence-electron chi connectivity index (χ2n) is 6.05. The van der Waals surface area contributed by atoms with Crippen LogP contribution >= 0.6 is 35.3 Å². The monoisotopic (exact) mass is 518 g/mol. The molecule has 1 heterocycles. The van der Waals surface area contributed by atoms with E-state index in [9.17, 15) is 0 Å². The molecule has 0 radical (unpaired) electrons. The zero-order valence-electron chi connectivity index (χ0n) is 17.2. The van der Waals surface area contributed by atoms with Crippen molar-refractivity contribution in [1.82, 2.24) is 15.6 Å². The molecule has 2 N–H and O–H groups in total. The molecule has 1 unspecified atom stereocenters. The molecule has 2 aromatic rings. The Bertz CT molecular complexity index is 752. The van der Waals surface area contributed by atoms with Gasteiger partial charge in [0.05, 0.1) is 30.0 Å². The van der Waals surface area contributed by atoms with Crippen LogP contribution in [0, 0.1) is 6.92 Å². The minimum atomic E-state index is 0. The number of nitrogens with zero attached hydrogens (tertiary/aromatic N) is 2. The van der Waals surface area contributed by atoms with Crippen LogP contribution in [-0.2, 0) is 6.42 Å². The Morgan fingerprint density at radius 3 is 2.54 bits per heavy atom. The Kier molecular flexibility index (Phi) is 11.2. The van der Waals surface area contributed by atoms with E-state index in [-0.39, 0.29) is 30.0 Å². The van der Waals surface area contributed by atoms with Gasteiger partial charge in [-0.05, 0) is 45.4 Å². The number of aryl methyl sites for hydroxylation is 1. The fraction of sp³-hybridized carbons (Fsp3) is 0.500. The minimum absolute atomic E-state index is 0. The Morgan fingerprint density at radius 1 is 1.21 bits per heavy atom. The lowest BCUT2D eigenvalue weighted by Crippen LogP contribution is -2.39. The van der Waals surface area contributed by atoms with Crippen molar-refractivity contribution in [3.63, 3.8) is 0 Å². The summed E-state index contributed by atoms with van der Waals surface area (Å²) >= 11 is 1.68. The van der Waals surface area contributed by atoms with Crippen molar-refractivity contribution < 1.29 is 9.47 Å². The van der Waals surface area contributed by atoms with E-state index in [4.69, 9.17) is 9.47 Å². The van der Waals surface area contributed by atoms with Gasteiger partial charge in [-0.2, -0.15) is 0 Å². The third-order valence-electron chi connectivity index (χ3n) is 3.98. The van der Waals surface area contributed by atoms with E-state index in [0.717, 1.165) is 46.7 Å². The molecular weight excluding hydrogens is 487 g/mol. The molecular formula is C20H31IN4O2S. The maximum atomic E-state index is 5.72. The Labute approximate surface area is 189 Å². The first-order valence-corrected chi connectivity index (χ1v) is 10.2. The molecule has 0 amide bonds. The number of aliphatic imine (C=N–C) groups is 1. The van der Waals surface area contributed by atoms with Crippen LogP contribution in [0.5, 0.6) is 11.5 Å². The van der Waals surface area contributed by atoms with Crippen molar-refractivity contribution in [3.05, 3.63) is 39.8 Å². The number of aromatic nitrogens is 1. The molecule has 0 fully saturated rings. The average Bonchev–Trinajstić information content (AvgIpc) is 3.07. The van der Waals surface area contributed by atoms with Gasteiger partial charge in [-0.1, -0.05) is 6.07 Å². The van der Waals surface area contributed by atoms with E-state index in [1.165, 1.54) is 0 Å². The maximum Gasteiger partial charge on any atom is 0.191 e. The van der Waals surface area contributed by atoms with Crippen LogP contribution < -0.4 is 20.1 Å². The third-order valence-corrected chi connectivity index (χ3v) is 4.81. The molecule has 156 valence electrons. The molecule has 1 aromatic heterocycles. The summed E-state index contributed by atoms with van der Waals surface area (Å²) < 4.78 is 11.4. The molecule has 0 aliphatic carbocycles. The van der Waals surface area contributed by atoms with Crippen LogP contribution in [0.2, 0.25) is 0 Å². The van der Waals surface area contributed by atoms with Gasteiger partial charge in [0.25, 0.3) is 0 Å². The van der Waals surface area contributed by atoms with E-state index in [0.29, 0.717) is 13.2 Å². The molecule has 0 aliphatic rings. The first kappa shape index (κ1) is 24.5. The standard InChI is InChI=1S/C20H30N4O2S.HI/c1-6-25-18-9-8-16(12-19(18)26-7-2)14(3)23-20(21-5)22-11-10-17-13-27-15(4)24-17;/h8-9,12-14H,6-7,10-11H2,1-5H3,(H2,21,22,23);1H. The van der Waals surface area contributed by atoms with Crippen molar-refractivity contribution in [1.29, 1.82) is 0 Å². The molecule has 28 heavy (non-hydrogen) atoms. The van der Waals surface area contributed by atoms with Crippen molar-refractivity contribution in [3.8, 4) is 11.5 Å². The number of rotatable bonds is 9. The van der Waals surface area contributed by atoms with Crippen LogP contribution in [0.4, 0.5) is 0 Å². The lowest BCUT2D eigenvalue weighted by Gasteiger charge is -2.20. The van der Waals surface area contributed by atoms with Gasteiger partial charge in [-0.15, -0.1) is 35.3 Å². The first-order chi connectivity index (χ1) is 13.1. The molecule has 1 aromatic carbocycles. The van der Waals surface area contributed by atoms with Gasteiger partial charge in [-0.3, -0.25) is 4.99 Å². The number of nitrogens with one attached hydrogen (secondary N) is 2. The van der Waals surface area contributed by atoms with Gasteiger partial charge in [0, 0.05) is 25.4 Å². The summed E-state index contributed by atoms with van der Waals surface area (Å²) in [5, 5.41) is 9.97. The largest absolute Gasteiger partial charge is 0.490 e. The summed E-state index contributed by atoms with van der Waals surface area (Å²) in [5.74, 6) is 2.31. The Balaban J connectivity index is 0.00000392. The number of benzene rings is 1. The van der Waals surface area contributed by atoms with Crippen LogP contribution in [0.1, 0.15) is 43.1 Å². The Morgan fingerprint density at radius 2 is 1.93 bits per heavy atom. The number of guanidine groups is 1. The normalized spacial score (nSPS) is 12.1. The second-order valence-corrected chi connectivity index (χ2v) is 7.11. The molecule has 0 spiro atoms. The quantitative estimate of drug-likeness (QED) is 0.294. The average molecular weight is 518 g/mol. The zero-order valence-corrected chi connectivity index (χ0v) is 20.4. The SMILES string of the molecule is CCOc1ccc(C(C)NC(=NC)NCCc2csc(C)n2)cc1OCC.I. The van der Waals surface area contributed by atoms with E-state index in [1.807, 2.05) is 32.9 Å². The van der Waals surface area contributed by atoms with Crippen molar-refractivity contribution in [2.24, 2.45) is 4.99 Å². The minimum Gasteiger partial charge on any atom is -0.490 e. The number of hydrogen-bond acceptors (Lipinski definition) is 5. The summed E-state index contributed by atoms with van der Waals surface area (Å²) in [7, 11) is 1.78. The summed E-state index contributed by atoms with van der Waals surface area (Å²) in [6.45, 7) is 10.1. The molecule has 0 saturated carbocycles. The molecule has 6 nitrogen and oxygen atoms in total. The fourth-order valence-electron chi connectivity index (χ4n) is 2.65. The van der Waals surface area contributed by atoms with E-state index >= 15 is 0 Å². The van der Waals surface area contributed by atoms with Gasteiger partial charge < -0.3 is 20.1 Å². The van der Waals surface area contributed by atoms with E-state index in [2.05, 4.69) is 39.0 Å². The molecule has 1 atom stereocenters. The molecule has 8 heteroatoms. The first-order valence-electron chi connectivity index (χ1n) is 9.35. The van der Waals surface area contributed by atoms with Crippen molar-refractivity contribution in [2.45, 2.75) is 40.2 Å². The Hall–Kier alpha value is -1.55. The van der Waals surface area contributed by atoms with Crippen LogP contribution in [0.25, 0.3) is 0 Å². The molecule has 2 rings (SSSR count). The van der Waals surface area contributed by atoms with Crippen LogP contribution in [0.15, 0.2) is 28.6 Å². The van der Waals surface area contributed by atoms with Crippen molar-refractivity contribution in [2.75, 3.05) is 26.8 Å². The fourth-order valence-corrected chi connectivity index (χ4v) is 3.30. The van der Waals surface area contributed by atoms with Crippen LogP contribution in [0.3, 0.4) is 0 Å². The maximum absolute atomic E-state index is 5.72. The molecule has 0 aliphatic heterocycles. The summed E-state index contributed by atoms with van der Waals surface area (Å²) in [6, 6.07) is 6.11. The van der Waals surface area contributed by atoms with Gasteiger partial charge in [-0.25, -0.2) is 4.98 Å². The van der Waals surface area contributed by atoms with E-state index < -0.39 is 0 Å². The molecule has 0 saturated heterocycles. The highest BCUT2D eigenvalue weighted by molar-refractivity contribution is 14.0. The summed E-state index contributed by atoms with van der Waals surface area (Å²) in [5.41, 5.74) is 2.22. The highest BCUT2D eigenvalue weighted by atomic mass is 127.